The molecule has 2 rings (SSSR count). The van der Waals surface area contributed by atoms with E-state index in [2.05, 4.69) is 23.2 Å². The number of hydrogen-bond donors (Lipinski definition) is 1. The third-order valence-corrected chi connectivity index (χ3v) is 4.13. The SMILES string of the molecule is CCCN1CCCC(Nc2ccc(C#N)c(Cl)c2)CC1. The van der Waals surface area contributed by atoms with Crippen molar-refractivity contribution < 1.29 is 0 Å². The van der Waals surface area contributed by atoms with Gasteiger partial charge < -0.3 is 10.2 Å². The number of benzene rings is 1. The first-order valence-electron chi connectivity index (χ1n) is 7.41. The Morgan fingerprint density at radius 2 is 2.25 bits per heavy atom. The molecule has 0 radical (unpaired) electrons. The number of likely N-dealkylation sites (tertiary alicyclic amines) is 1. The number of hydrogen-bond acceptors (Lipinski definition) is 3. The van der Waals surface area contributed by atoms with Crippen LogP contribution in [-0.2, 0) is 0 Å². The van der Waals surface area contributed by atoms with E-state index in [0.717, 1.165) is 18.7 Å². The van der Waals surface area contributed by atoms with Crippen molar-refractivity contribution in [3.05, 3.63) is 28.8 Å². The molecular formula is C16H22ClN3. The number of nitriles is 1. The van der Waals surface area contributed by atoms with E-state index in [-0.39, 0.29) is 0 Å². The first-order valence-corrected chi connectivity index (χ1v) is 7.79. The van der Waals surface area contributed by atoms with Gasteiger partial charge in [0.05, 0.1) is 10.6 Å². The van der Waals surface area contributed by atoms with Crippen LogP contribution in [0.15, 0.2) is 18.2 Å². The molecule has 0 spiro atoms. The van der Waals surface area contributed by atoms with Crippen molar-refractivity contribution >= 4 is 17.3 Å². The zero-order valence-corrected chi connectivity index (χ0v) is 12.8. The van der Waals surface area contributed by atoms with Crippen LogP contribution in [0, 0.1) is 11.3 Å². The van der Waals surface area contributed by atoms with E-state index in [1.165, 1.54) is 32.4 Å². The maximum absolute atomic E-state index is 8.89. The van der Waals surface area contributed by atoms with E-state index in [1.807, 2.05) is 12.1 Å². The molecule has 1 aliphatic rings. The van der Waals surface area contributed by atoms with Crippen LogP contribution in [0.5, 0.6) is 0 Å². The Hall–Kier alpha value is -1.24. The van der Waals surface area contributed by atoms with Gasteiger partial charge in [0, 0.05) is 18.3 Å². The van der Waals surface area contributed by atoms with Gasteiger partial charge in [0.2, 0.25) is 0 Å². The summed E-state index contributed by atoms with van der Waals surface area (Å²) in [5.74, 6) is 0. The van der Waals surface area contributed by atoms with Gasteiger partial charge >= 0.3 is 0 Å². The van der Waals surface area contributed by atoms with Crippen LogP contribution < -0.4 is 5.32 Å². The highest BCUT2D eigenvalue weighted by molar-refractivity contribution is 6.32. The Balaban J connectivity index is 1.93. The monoisotopic (exact) mass is 291 g/mol. The predicted octanol–water partition coefficient (Wildman–Crippen LogP) is 3.89. The summed E-state index contributed by atoms with van der Waals surface area (Å²) in [5, 5.41) is 13.0. The molecule has 1 saturated heterocycles. The first-order chi connectivity index (χ1) is 9.72. The summed E-state index contributed by atoms with van der Waals surface area (Å²) in [6.45, 7) is 5.81. The van der Waals surface area contributed by atoms with E-state index in [4.69, 9.17) is 16.9 Å². The van der Waals surface area contributed by atoms with Crippen molar-refractivity contribution in [1.82, 2.24) is 4.90 Å². The summed E-state index contributed by atoms with van der Waals surface area (Å²) >= 11 is 6.07. The summed E-state index contributed by atoms with van der Waals surface area (Å²) in [6, 6.07) is 8.17. The number of halogens is 1. The second-order valence-corrected chi connectivity index (χ2v) is 5.83. The summed E-state index contributed by atoms with van der Waals surface area (Å²) < 4.78 is 0. The third-order valence-electron chi connectivity index (χ3n) is 3.82. The number of rotatable bonds is 4. The lowest BCUT2D eigenvalue weighted by atomic mass is 10.1. The molecule has 0 aliphatic carbocycles. The molecule has 4 heteroatoms. The molecule has 1 atom stereocenters. The molecule has 1 heterocycles. The van der Waals surface area contributed by atoms with Gasteiger partial charge in [-0.25, -0.2) is 0 Å². The van der Waals surface area contributed by atoms with Crippen LogP contribution in [-0.4, -0.2) is 30.6 Å². The van der Waals surface area contributed by atoms with Gasteiger partial charge in [-0.2, -0.15) is 5.26 Å². The summed E-state index contributed by atoms with van der Waals surface area (Å²) in [7, 11) is 0. The average Bonchev–Trinajstić information content (AvgIpc) is 2.65. The van der Waals surface area contributed by atoms with E-state index in [0.29, 0.717) is 16.6 Å². The van der Waals surface area contributed by atoms with Crippen molar-refractivity contribution in [2.45, 2.75) is 38.6 Å². The quantitative estimate of drug-likeness (QED) is 0.915. The fraction of sp³-hybridized carbons (Fsp3) is 0.562. The molecule has 1 aromatic rings. The predicted molar refractivity (Wildman–Crippen MR) is 84.2 cm³/mol. The lowest BCUT2D eigenvalue weighted by Gasteiger charge is -2.20. The van der Waals surface area contributed by atoms with Crippen LogP contribution >= 0.6 is 11.6 Å². The number of nitrogens with one attached hydrogen (secondary N) is 1. The molecule has 108 valence electrons. The molecule has 1 fully saturated rings. The van der Waals surface area contributed by atoms with Crippen molar-refractivity contribution in [2.75, 3.05) is 25.0 Å². The molecule has 20 heavy (non-hydrogen) atoms. The molecule has 1 aliphatic heterocycles. The summed E-state index contributed by atoms with van der Waals surface area (Å²) in [5.41, 5.74) is 1.55. The van der Waals surface area contributed by atoms with Crippen LogP contribution in [0.1, 0.15) is 38.2 Å². The Labute approximate surface area is 126 Å². The van der Waals surface area contributed by atoms with Gasteiger partial charge in [-0.05, 0) is 57.0 Å². The molecule has 0 bridgehead atoms. The van der Waals surface area contributed by atoms with Crippen LogP contribution in [0.3, 0.4) is 0 Å². The van der Waals surface area contributed by atoms with Crippen molar-refractivity contribution in [3.63, 3.8) is 0 Å². The fourth-order valence-corrected chi connectivity index (χ4v) is 2.99. The second-order valence-electron chi connectivity index (χ2n) is 5.42. The zero-order valence-electron chi connectivity index (χ0n) is 12.0. The first kappa shape index (κ1) is 15.2. The molecule has 0 amide bonds. The van der Waals surface area contributed by atoms with E-state index in [1.54, 1.807) is 6.07 Å². The standard InChI is InChI=1S/C16H22ClN3/c1-2-8-20-9-3-4-14(7-10-20)19-15-6-5-13(12-18)16(17)11-15/h5-6,11,14,19H,2-4,7-10H2,1H3. The van der Waals surface area contributed by atoms with Crippen LogP contribution in [0.25, 0.3) is 0 Å². The van der Waals surface area contributed by atoms with E-state index >= 15 is 0 Å². The van der Waals surface area contributed by atoms with E-state index in [9.17, 15) is 0 Å². The molecule has 0 saturated carbocycles. The Kier molecular flexibility index (Phi) is 5.70. The molecular weight excluding hydrogens is 270 g/mol. The van der Waals surface area contributed by atoms with E-state index < -0.39 is 0 Å². The van der Waals surface area contributed by atoms with Gasteiger partial charge in [0.25, 0.3) is 0 Å². The van der Waals surface area contributed by atoms with Crippen molar-refractivity contribution in [2.24, 2.45) is 0 Å². The summed E-state index contributed by atoms with van der Waals surface area (Å²) in [4.78, 5) is 2.55. The van der Waals surface area contributed by atoms with Crippen molar-refractivity contribution in [3.8, 4) is 6.07 Å². The smallest absolute Gasteiger partial charge is 0.101 e. The highest BCUT2D eigenvalue weighted by Crippen LogP contribution is 2.23. The summed E-state index contributed by atoms with van der Waals surface area (Å²) in [6.07, 6.45) is 4.82. The fourth-order valence-electron chi connectivity index (χ4n) is 2.77. The molecule has 1 unspecified atom stereocenters. The van der Waals surface area contributed by atoms with Gasteiger partial charge in [-0.3, -0.25) is 0 Å². The number of anilines is 1. The lowest BCUT2D eigenvalue weighted by Crippen LogP contribution is -2.27. The maximum atomic E-state index is 8.89. The van der Waals surface area contributed by atoms with Gasteiger partial charge in [0.15, 0.2) is 0 Å². The minimum atomic E-state index is 0.501. The van der Waals surface area contributed by atoms with Crippen LogP contribution in [0.2, 0.25) is 5.02 Å². The van der Waals surface area contributed by atoms with Gasteiger partial charge in [-0.1, -0.05) is 18.5 Å². The van der Waals surface area contributed by atoms with Crippen LogP contribution in [0.4, 0.5) is 5.69 Å². The largest absolute Gasteiger partial charge is 0.382 e. The minimum Gasteiger partial charge on any atom is -0.382 e. The van der Waals surface area contributed by atoms with Gasteiger partial charge in [-0.15, -0.1) is 0 Å². The topological polar surface area (TPSA) is 39.1 Å². The van der Waals surface area contributed by atoms with Crippen molar-refractivity contribution in [1.29, 1.82) is 5.26 Å². The molecule has 1 aromatic carbocycles. The van der Waals surface area contributed by atoms with Gasteiger partial charge in [0.1, 0.15) is 6.07 Å². The third kappa shape index (κ3) is 4.13. The minimum absolute atomic E-state index is 0.501. The normalized spacial score (nSPS) is 20.1. The Bertz CT molecular complexity index is 481. The Morgan fingerprint density at radius 3 is 2.95 bits per heavy atom. The molecule has 1 N–H and O–H groups in total. The Morgan fingerprint density at radius 1 is 1.40 bits per heavy atom. The molecule has 3 nitrogen and oxygen atoms in total. The lowest BCUT2D eigenvalue weighted by molar-refractivity contribution is 0.285. The highest BCUT2D eigenvalue weighted by Gasteiger charge is 2.16. The highest BCUT2D eigenvalue weighted by atomic mass is 35.5. The molecule has 0 aromatic heterocycles. The average molecular weight is 292 g/mol. The second kappa shape index (κ2) is 7.52. The zero-order chi connectivity index (χ0) is 14.4. The maximum Gasteiger partial charge on any atom is 0.101 e. The number of nitrogens with zero attached hydrogens (tertiary/aromatic N) is 2.